The molecule has 16 heavy (non-hydrogen) atoms. The molecule has 1 atom stereocenters. The van der Waals surface area contributed by atoms with E-state index in [2.05, 4.69) is 22.2 Å². The van der Waals surface area contributed by atoms with Gasteiger partial charge in [-0.3, -0.25) is 4.79 Å². The molecule has 0 aliphatic rings. The minimum Gasteiger partial charge on any atom is -0.469 e. The van der Waals surface area contributed by atoms with Crippen LogP contribution < -0.4 is 5.32 Å². The van der Waals surface area contributed by atoms with Gasteiger partial charge < -0.3 is 10.1 Å². The number of esters is 1. The standard InChI is InChI=1S/C13H19NO2/c1-3-14-12(10-13(15)16-2)9-11-7-5-4-6-8-11/h4-8,12,14H,3,9-10H2,1-2H3/t12-/m0/s1. The third kappa shape index (κ3) is 4.45. The molecule has 88 valence electrons. The quantitative estimate of drug-likeness (QED) is 0.744. The lowest BCUT2D eigenvalue weighted by molar-refractivity contribution is -0.141. The summed E-state index contributed by atoms with van der Waals surface area (Å²) in [6.45, 7) is 2.89. The van der Waals surface area contributed by atoms with Crippen LogP contribution >= 0.6 is 0 Å². The van der Waals surface area contributed by atoms with Crippen molar-refractivity contribution in [2.75, 3.05) is 13.7 Å². The second-order valence-corrected chi connectivity index (χ2v) is 3.72. The minimum atomic E-state index is -0.165. The average molecular weight is 221 g/mol. The number of hydrogen-bond donors (Lipinski definition) is 1. The van der Waals surface area contributed by atoms with E-state index in [-0.39, 0.29) is 12.0 Å². The fourth-order valence-corrected chi connectivity index (χ4v) is 1.69. The fourth-order valence-electron chi connectivity index (χ4n) is 1.69. The molecule has 0 aromatic heterocycles. The number of ether oxygens (including phenoxy) is 1. The van der Waals surface area contributed by atoms with Crippen LogP contribution in [0.3, 0.4) is 0 Å². The molecule has 0 bridgehead atoms. The number of methoxy groups -OCH3 is 1. The van der Waals surface area contributed by atoms with Crippen LogP contribution in [0, 0.1) is 0 Å². The first-order valence-corrected chi connectivity index (χ1v) is 5.60. The Bertz CT molecular complexity index is 311. The van der Waals surface area contributed by atoms with Crippen molar-refractivity contribution in [3.8, 4) is 0 Å². The van der Waals surface area contributed by atoms with E-state index in [1.165, 1.54) is 12.7 Å². The van der Waals surface area contributed by atoms with E-state index in [4.69, 9.17) is 0 Å². The normalized spacial score (nSPS) is 12.1. The van der Waals surface area contributed by atoms with Crippen molar-refractivity contribution in [2.45, 2.75) is 25.8 Å². The van der Waals surface area contributed by atoms with Crippen molar-refractivity contribution in [1.29, 1.82) is 0 Å². The lowest BCUT2D eigenvalue weighted by atomic mass is 10.0. The molecule has 0 radical (unpaired) electrons. The third-order valence-electron chi connectivity index (χ3n) is 2.46. The fraction of sp³-hybridized carbons (Fsp3) is 0.462. The van der Waals surface area contributed by atoms with Gasteiger partial charge in [0.2, 0.25) is 0 Å². The Labute approximate surface area is 96.8 Å². The molecular formula is C13H19NO2. The third-order valence-corrected chi connectivity index (χ3v) is 2.46. The zero-order valence-electron chi connectivity index (χ0n) is 9.90. The van der Waals surface area contributed by atoms with Crippen LogP contribution in [-0.2, 0) is 16.0 Å². The van der Waals surface area contributed by atoms with Gasteiger partial charge in [-0.2, -0.15) is 0 Å². The highest BCUT2D eigenvalue weighted by Gasteiger charge is 2.13. The number of hydrogen-bond acceptors (Lipinski definition) is 3. The van der Waals surface area contributed by atoms with Crippen molar-refractivity contribution < 1.29 is 9.53 Å². The molecule has 0 heterocycles. The molecule has 0 saturated carbocycles. The van der Waals surface area contributed by atoms with Crippen LogP contribution in [0.2, 0.25) is 0 Å². The van der Waals surface area contributed by atoms with Crippen molar-refractivity contribution in [2.24, 2.45) is 0 Å². The Kier molecular flexibility index (Phi) is 5.57. The summed E-state index contributed by atoms with van der Waals surface area (Å²) in [5.41, 5.74) is 1.23. The van der Waals surface area contributed by atoms with Gasteiger partial charge >= 0.3 is 5.97 Å². The molecule has 0 aliphatic heterocycles. The molecule has 1 aromatic rings. The molecule has 0 aliphatic carbocycles. The maximum absolute atomic E-state index is 11.2. The van der Waals surface area contributed by atoms with Gasteiger partial charge in [-0.1, -0.05) is 37.3 Å². The topological polar surface area (TPSA) is 38.3 Å². The molecule has 1 N–H and O–H groups in total. The SMILES string of the molecule is CCN[C@H](CC(=O)OC)Cc1ccccc1. The maximum atomic E-state index is 11.2. The summed E-state index contributed by atoms with van der Waals surface area (Å²) in [5, 5.41) is 3.30. The number of rotatable bonds is 6. The molecule has 3 nitrogen and oxygen atoms in total. The Hall–Kier alpha value is -1.35. The Morgan fingerprint density at radius 2 is 2.06 bits per heavy atom. The highest BCUT2D eigenvalue weighted by Crippen LogP contribution is 2.06. The van der Waals surface area contributed by atoms with Gasteiger partial charge in [-0.25, -0.2) is 0 Å². The van der Waals surface area contributed by atoms with E-state index in [1.54, 1.807) is 0 Å². The highest BCUT2D eigenvalue weighted by atomic mass is 16.5. The zero-order chi connectivity index (χ0) is 11.8. The Morgan fingerprint density at radius 1 is 1.38 bits per heavy atom. The van der Waals surface area contributed by atoms with Gasteiger partial charge in [0, 0.05) is 6.04 Å². The predicted molar refractivity (Wildman–Crippen MR) is 64.2 cm³/mol. The van der Waals surface area contributed by atoms with Gasteiger partial charge in [0.1, 0.15) is 0 Å². The number of carbonyl (C=O) groups excluding carboxylic acids is 1. The lowest BCUT2D eigenvalue weighted by Gasteiger charge is -2.16. The summed E-state index contributed by atoms with van der Waals surface area (Å²) in [6, 6.07) is 10.3. The molecule has 1 rings (SSSR count). The average Bonchev–Trinajstić information content (AvgIpc) is 2.30. The van der Waals surface area contributed by atoms with Crippen molar-refractivity contribution in [3.63, 3.8) is 0 Å². The van der Waals surface area contributed by atoms with E-state index < -0.39 is 0 Å². The van der Waals surface area contributed by atoms with Gasteiger partial charge in [-0.15, -0.1) is 0 Å². The molecule has 3 heteroatoms. The number of benzene rings is 1. The van der Waals surface area contributed by atoms with E-state index >= 15 is 0 Å². The zero-order valence-corrected chi connectivity index (χ0v) is 9.90. The Balaban J connectivity index is 2.54. The van der Waals surface area contributed by atoms with Crippen LogP contribution in [0.5, 0.6) is 0 Å². The number of nitrogens with one attached hydrogen (secondary N) is 1. The van der Waals surface area contributed by atoms with E-state index in [1.807, 2.05) is 25.1 Å². The smallest absolute Gasteiger partial charge is 0.307 e. The monoisotopic (exact) mass is 221 g/mol. The van der Waals surface area contributed by atoms with Crippen LogP contribution in [0.1, 0.15) is 18.9 Å². The first kappa shape index (κ1) is 12.7. The van der Waals surface area contributed by atoms with E-state index in [0.717, 1.165) is 13.0 Å². The number of carbonyl (C=O) groups is 1. The van der Waals surface area contributed by atoms with Gasteiger partial charge in [0.05, 0.1) is 13.5 Å². The first-order valence-electron chi connectivity index (χ1n) is 5.60. The molecule has 1 aromatic carbocycles. The predicted octanol–water partition coefficient (Wildman–Crippen LogP) is 1.77. The van der Waals surface area contributed by atoms with E-state index in [9.17, 15) is 4.79 Å². The van der Waals surface area contributed by atoms with Gasteiger partial charge in [-0.05, 0) is 18.5 Å². The van der Waals surface area contributed by atoms with Crippen LogP contribution in [0.15, 0.2) is 30.3 Å². The van der Waals surface area contributed by atoms with Crippen LogP contribution in [0.25, 0.3) is 0 Å². The largest absolute Gasteiger partial charge is 0.469 e. The van der Waals surface area contributed by atoms with Crippen molar-refractivity contribution in [3.05, 3.63) is 35.9 Å². The second-order valence-electron chi connectivity index (χ2n) is 3.72. The molecular weight excluding hydrogens is 202 g/mol. The summed E-state index contributed by atoms with van der Waals surface area (Å²) >= 11 is 0. The summed E-state index contributed by atoms with van der Waals surface area (Å²) in [4.78, 5) is 11.2. The van der Waals surface area contributed by atoms with Gasteiger partial charge in [0.15, 0.2) is 0 Å². The Morgan fingerprint density at radius 3 is 2.62 bits per heavy atom. The van der Waals surface area contributed by atoms with Crippen molar-refractivity contribution >= 4 is 5.97 Å². The molecule has 0 amide bonds. The maximum Gasteiger partial charge on any atom is 0.307 e. The molecule has 0 spiro atoms. The summed E-state index contributed by atoms with van der Waals surface area (Å²) in [7, 11) is 1.42. The van der Waals surface area contributed by atoms with Gasteiger partial charge in [0.25, 0.3) is 0 Å². The molecule has 0 saturated heterocycles. The van der Waals surface area contributed by atoms with Crippen LogP contribution in [-0.4, -0.2) is 25.7 Å². The van der Waals surface area contributed by atoms with E-state index in [0.29, 0.717) is 6.42 Å². The van der Waals surface area contributed by atoms with Crippen LogP contribution in [0.4, 0.5) is 0 Å². The first-order chi connectivity index (χ1) is 7.76. The number of likely N-dealkylation sites (N-methyl/N-ethyl adjacent to an activating group) is 1. The second kappa shape index (κ2) is 7.01. The summed E-state index contributed by atoms with van der Waals surface area (Å²) in [5.74, 6) is -0.165. The summed E-state index contributed by atoms with van der Waals surface area (Å²) < 4.78 is 4.69. The molecule has 0 unspecified atom stereocenters. The lowest BCUT2D eigenvalue weighted by Crippen LogP contribution is -2.33. The summed E-state index contributed by atoms with van der Waals surface area (Å²) in [6.07, 6.45) is 1.27. The van der Waals surface area contributed by atoms with Crippen molar-refractivity contribution in [1.82, 2.24) is 5.32 Å². The highest BCUT2D eigenvalue weighted by molar-refractivity contribution is 5.69. The minimum absolute atomic E-state index is 0.153. The molecule has 0 fully saturated rings.